The number of piperidine rings is 3. The van der Waals surface area contributed by atoms with Crippen LogP contribution in [-0.4, -0.2) is 133 Å². The summed E-state index contributed by atoms with van der Waals surface area (Å²) < 4.78 is 35.9. The summed E-state index contributed by atoms with van der Waals surface area (Å²) in [4.78, 5) is 32.0. The lowest BCUT2D eigenvalue weighted by Crippen LogP contribution is -2.57. The minimum absolute atomic E-state index is 0.0267. The first-order chi connectivity index (χ1) is 44.5. The number of aromatic nitrogens is 18. The molecule has 0 saturated carbocycles. The Morgan fingerprint density at radius 3 is 1.20 bits per heavy atom. The van der Waals surface area contributed by atoms with E-state index in [2.05, 4.69) is 178 Å². The van der Waals surface area contributed by atoms with Crippen LogP contribution in [0.1, 0.15) is 140 Å². The van der Waals surface area contributed by atoms with Crippen LogP contribution in [0.25, 0.3) is 101 Å². The topological polar surface area (TPSA) is 293 Å². The first-order valence-electron chi connectivity index (χ1n) is 31.6. The second-order valence-corrected chi connectivity index (χ2v) is 29.3. The van der Waals surface area contributed by atoms with Gasteiger partial charge in [0.1, 0.15) is 28.7 Å². The zero-order valence-electron chi connectivity index (χ0n) is 54.9. The Morgan fingerprint density at radius 1 is 0.394 bits per heavy atom. The number of hydrogen-bond acceptors (Lipinski definition) is 17. The maximum atomic E-state index is 14.9. The van der Waals surface area contributed by atoms with Crippen molar-refractivity contribution in [2.75, 3.05) is 0 Å². The van der Waals surface area contributed by atoms with E-state index in [9.17, 15) is 19.0 Å². The summed E-state index contributed by atoms with van der Waals surface area (Å²) in [7, 11) is 0. The largest absolute Gasteiger partial charge is 0.507 e. The Morgan fingerprint density at radius 2 is 0.777 bits per heavy atom. The number of imidazole rings is 3. The van der Waals surface area contributed by atoms with Gasteiger partial charge in [0.2, 0.25) is 0 Å². The van der Waals surface area contributed by atoms with Gasteiger partial charge < -0.3 is 39.9 Å². The van der Waals surface area contributed by atoms with E-state index in [0.717, 1.165) is 89.7 Å². The number of nitrogens with zero attached hydrogens (tertiary/aromatic N) is 15. The average Bonchev–Trinajstić information content (AvgIpc) is 1.58. The molecule has 0 bridgehead atoms. The van der Waals surface area contributed by atoms with Gasteiger partial charge in [0, 0.05) is 109 Å². The second-order valence-electron chi connectivity index (χ2n) is 29.3. The Labute approximate surface area is 542 Å². The number of phenolic OH excluding ortho intramolecular Hbond substituents is 2. The molecular weight excluding hydrogens is 1190 g/mol. The van der Waals surface area contributed by atoms with E-state index >= 15 is 0 Å². The summed E-state index contributed by atoms with van der Waals surface area (Å²) in [5, 5.41) is 61.1. The predicted octanol–water partition coefficient (Wildman–Crippen LogP) is 12.8. The van der Waals surface area contributed by atoms with Gasteiger partial charge >= 0.3 is 0 Å². The quantitative estimate of drug-likeness (QED) is 0.0666. The molecule has 12 heterocycles. The minimum atomic E-state index is -0.586. The molecule has 0 spiro atoms. The smallest absolute Gasteiger partial charge is 0.198 e. The van der Waals surface area contributed by atoms with Crippen molar-refractivity contribution < 1.29 is 19.0 Å². The van der Waals surface area contributed by atoms with E-state index in [1.165, 1.54) is 18.6 Å². The fraction of sp³-hybridized carbons (Fsp3) is 0.391. The molecule has 3 saturated heterocycles. The number of hydrogen-bond donors (Lipinski definition) is 8. The van der Waals surface area contributed by atoms with Crippen LogP contribution in [0.3, 0.4) is 0 Å². The lowest BCUT2D eigenvalue weighted by Gasteiger charge is -2.46. The molecule has 12 aromatic rings. The van der Waals surface area contributed by atoms with Crippen LogP contribution >= 0.6 is 0 Å². The fourth-order valence-corrected chi connectivity index (χ4v) is 15.1. The van der Waals surface area contributed by atoms with Crippen LogP contribution < -0.4 is 16.0 Å². The maximum absolute atomic E-state index is 14.9. The van der Waals surface area contributed by atoms with Crippen molar-refractivity contribution in [3.05, 3.63) is 135 Å². The van der Waals surface area contributed by atoms with Crippen LogP contribution in [-0.2, 0) is 0 Å². The molecule has 3 aromatic carbocycles. The molecular formula is C69H79F2N21O2. The van der Waals surface area contributed by atoms with Crippen LogP contribution in [0.2, 0.25) is 0 Å². The third-order valence-corrected chi connectivity index (χ3v) is 17.9. The number of aromatic amines is 3. The number of H-pyrrole nitrogens is 3. The third kappa shape index (κ3) is 13.2. The molecule has 25 heteroatoms. The molecule has 0 radical (unpaired) electrons. The molecule has 3 fully saturated rings. The fourth-order valence-electron chi connectivity index (χ4n) is 15.1. The zero-order valence-corrected chi connectivity index (χ0v) is 54.9. The van der Waals surface area contributed by atoms with Gasteiger partial charge in [0.15, 0.2) is 28.2 Å². The first-order valence-corrected chi connectivity index (χ1v) is 31.6. The van der Waals surface area contributed by atoms with Gasteiger partial charge in [-0.25, -0.2) is 43.7 Å². The summed E-state index contributed by atoms with van der Waals surface area (Å²) in [6, 6.07) is 16.0. The van der Waals surface area contributed by atoms with E-state index in [0.29, 0.717) is 57.1 Å². The number of nitrogens with one attached hydrogen (secondary N) is 6. The van der Waals surface area contributed by atoms with Crippen molar-refractivity contribution >= 4 is 33.8 Å². The molecule has 23 nitrogen and oxygen atoms in total. The monoisotopic (exact) mass is 1270 g/mol. The van der Waals surface area contributed by atoms with Gasteiger partial charge in [-0.2, -0.15) is 15.3 Å². The summed E-state index contributed by atoms with van der Waals surface area (Å²) in [6.07, 6.45) is 24.4. The third-order valence-electron chi connectivity index (χ3n) is 17.9. The highest BCUT2D eigenvalue weighted by Crippen LogP contribution is 2.42. The number of benzene rings is 3. The first kappa shape index (κ1) is 63.1. The number of fused-ring (bicyclic) bond motifs is 3. The number of rotatable bonds is 9. The molecule has 8 N–H and O–H groups in total. The van der Waals surface area contributed by atoms with E-state index < -0.39 is 11.6 Å². The number of aromatic hydroxyl groups is 2. The van der Waals surface area contributed by atoms with Gasteiger partial charge in [-0.15, -0.1) is 10.2 Å². The van der Waals surface area contributed by atoms with E-state index in [-0.39, 0.29) is 67.6 Å². The standard InChI is InChI=1S/C23H25F2N7.2C23H27N7O/c1-22(2)7-14(8-23(3,4)31-22)32-12-27-20-21(32)26-11-19(30-20)16-6-17(24)15(5-18(16)25)13-9-28-29-10-13;1-22(2)9-16(10-23(3,4)29-22)30-13-24-19-8-18(27-28-21(19)30)17-6-5-14(7-20(17)31)15-11-25-26-12-15;1-22(2)8-16(9-23(3,4)29-22)30-13-25-20-21(30)24-12-18(28-20)17-6-5-14(7-19(17)31)15-10-26-27-11-15/h5-6,9-12,14,31H,7-8H2,1-4H3,(H,28,29);5-8,11-13,16,29,31H,9-10H2,1-4H3,(H,25,26);5-7,10-13,16,29,31H,8-9H2,1-4H3,(H,26,27). The Kier molecular flexibility index (Phi) is 15.9. The lowest BCUT2D eigenvalue weighted by molar-refractivity contribution is 0.133. The molecule has 9 aromatic heterocycles. The highest BCUT2D eigenvalue weighted by Gasteiger charge is 2.42. The number of halogens is 2. The maximum Gasteiger partial charge on any atom is 0.198 e. The molecule has 486 valence electrons. The Balaban J connectivity index is 0.000000128. The summed E-state index contributed by atoms with van der Waals surface area (Å²) in [5.74, 6) is -0.853. The van der Waals surface area contributed by atoms with Gasteiger partial charge in [0.05, 0.1) is 67.0 Å². The van der Waals surface area contributed by atoms with Crippen LogP contribution in [0.15, 0.2) is 123 Å². The van der Waals surface area contributed by atoms with Gasteiger partial charge in [-0.05, 0) is 175 Å². The second kappa shape index (κ2) is 23.7. The number of phenols is 2. The minimum Gasteiger partial charge on any atom is -0.507 e. The van der Waals surface area contributed by atoms with Crippen LogP contribution in [0.4, 0.5) is 8.78 Å². The molecule has 3 aliphatic rings. The van der Waals surface area contributed by atoms with Gasteiger partial charge in [-0.1, -0.05) is 12.1 Å². The van der Waals surface area contributed by atoms with Crippen molar-refractivity contribution in [1.29, 1.82) is 0 Å². The van der Waals surface area contributed by atoms with Crippen molar-refractivity contribution in [3.8, 4) is 78.7 Å². The lowest BCUT2D eigenvalue weighted by atomic mass is 9.79. The molecule has 0 unspecified atom stereocenters. The van der Waals surface area contributed by atoms with Crippen molar-refractivity contribution in [2.45, 2.75) is 173 Å². The SMILES string of the molecule is CC1(C)CC(n2cnc3cc(-c4ccc(-c5cn[nH]c5)cc4O)nnc32)CC(C)(C)N1.CC1(C)CC(n2cnc3nc(-c4cc(F)c(-c5cn[nH]c5)cc4F)cnc32)CC(C)(C)N1.CC1(C)CC(n2cnc3nc(-c4ccc(-c5cn[nH]c5)cc4O)cnc32)CC(C)(C)N1. The molecule has 15 rings (SSSR count). The summed E-state index contributed by atoms with van der Waals surface area (Å²) in [5.41, 5.74) is 10.9. The van der Waals surface area contributed by atoms with Crippen LogP contribution in [0.5, 0.6) is 11.5 Å². The van der Waals surface area contributed by atoms with Gasteiger partial charge in [0.25, 0.3) is 0 Å². The summed E-state index contributed by atoms with van der Waals surface area (Å²) >= 11 is 0. The van der Waals surface area contributed by atoms with Crippen molar-refractivity contribution in [3.63, 3.8) is 0 Å². The Bertz CT molecular complexity index is 4470. The molecule has 0 atom stereocenters. The molecule has 94 heavy (non-hydrogen) atoms. The highest BCUT2D eigenvalue weighted by atomic mass is 19.1. The van der Waals surface area contributed by atoms with Crippen LogP contribution in [0, 0.1) is 11.6 Å². The van der Waals surface area contributed by atoms with E-state index in [1.54, 1.807) is 49.4 Å². The van der Waals surface area contributed by atoms with Crippen molar-refractivity contribution in [1.82, 2.24) is 105 Å². The normalized spacial score (nSPS) is 18.4. The average molecular weight is 1270 g/mol. The molecule has 0 aliphatic carbocycles. The molecule has 0 amide bonds. The predicted molar refractivity (Wildman–Crippen MR) is 357 cm³/mol. The van der Waals surface area contributed by atoms with Crippen molar-refractivity contribution in [2.24, 2.45) is 0 Å². The Hall–Kier alpha value is -9.72. The molecule has 3 aliphatic heterocycles. The van der Waals surface area contributed by atoms with E-state index in [4.69, 9.17) is 9.97 Å². The zero-order chi connectivity index (χ0) is 66.3. The van der Waals surface area contributed by atoms with E-state index in [1.807, 2.05) is 43.0 Å². The van der Waals surface area contributed by atoms with Gasteiger partial charge in [-0.3, -0.25) is 15.3 Å². The highest BCUT2D eigenvalue weighted by molar-refractivity contribution is 5.81. The summed E-state index contributed by atoms with van der Waals surface area (Å²) in [6.45, 7) is 26.6.